The summed E-state index contributed by atoms with van der Waals surface area (Å²) >= 11 is 6.23. The van der Waals surface area contributed by atoms with Crippen LogP contribution in [0.2, 0.25) is 5.15 Å². The Morgan fingerprint density at radius 3 is 2.43 bits per heavy atom. The maximum Gasteiger partial charge on any atom is 0.161 e. The molecule has 0 aliphatic carbocycles. The maximum atomic E-state index is 14.0. The van der Waals surface area contributed by atoms with Gasteiger partial charge in [0, 0.05) is 10.9 Å². The molecule has 0 amide bonds. The second-order valence-corrected chi connectivity index (χ2v) is 5.33. The zero-order valence-electron chi connectivity index (χ0n) is 11.8. The molecule has 4 heteroatoms. The Balaban J connectivity index is 2.22. The second kappa shape index (κ2) is 5.41. The first-order chi connectivity index (χ1) is 10.1. The van der Waals surface area contributed by atoms with Crippen LogP contribution in [0, 0.1) is 12.7 Å². The summed E-state index contributed by atoms with van der Waals surface area (Å²) in [7, 11) is 0. The van der Waals surface area contributed by atoms with Gasteiger partial charge in [-0.2, -0.15) is 0 Å². The van der Waals surface area contributed by atoms with Crippen molar-refractivity contribution in [3.8, 4) is 11.4 Å². The summed E-state index contributed by atoms with van der Waals surface area (Å²) in [6.45, 7) is 3.96. The van der Waals surface area contributed by atoms with Crippen molar-refractivity contribution < 1.29 is 4.39 Å². The molecule has 0 saturated carbocycles. The summed E-state index contributed by atoms with van der Waals surface area (Å²) in [6.07, 6.45) is 0.966. The summed E-state index contributed by atoms with van der Waals surface area (Å²) in [6, 6.07) is 11.0. The van der Waals surface area contributed by atoms with Crippen LogP contribution in [-0.4, -0.2) is 9.97 Å². The van der Waals surface area contributed by atoms with Crippen molar-refractivity contribution in [3.05, 3.63) is 58.5 Å². The number of rotatable bonds is 2. The predicted octanol–water partition coefficient (Wildman–Crippen LogP) is 4.96. The minimum absolute atomic E-state index is 0.268. The number of benzene rings is 2. The van der Waals surface area contributed by atoms with E-state index in [1.165, 1.54) is 11.6 Å². The highest BCUT2D eigenvalue weighted by atomic mass is 35.5. The summed E-state index contributed by atoms with van der Waals surface area (Å²) in [5.41, 5.74) is 3.19. The normalized spacial score (nSPS) is 11.0. The highest BCUT2D eigenvalue weighted by molar-refractivity contribution is 6.34. The van der Waals surface area contributed by atoms with Gasteiger partial charge in [-0.05, 0) is 30.5 Å². The smallest absolute Gasteiger partial charge is 0.161 e. The third kappa shape index (κ3) is 2.49. The number of hydrogen-bond acceptors (Lipinski definition) is 2. The zero-order chi connectivity index (χ0) is 15.0. The van der Waals surface area contributed by atoms with Gasteiger partial charge in [-0.1, -0.05) is 48.9 Å². The lowest BCUT2D eigenvalue weighted by Gasteiger charge is -2.08. The average Bonchev–Trinajstić information content (AvgIpc) is 2.50. The number of aryl methyl sites for hydroxylation is 2. The van der Waals surface area contributed by atoms with E-state index in [1.807, 2.05) is 31.2 Å². The molecular weight excluding hydrogens is 287 g/mol. The fraction of sp³-hybridized carbons (Fsp3) is 0.176. The van der Waals surface area contributed by atoms with Crippen molar-refractivity contribution in [1.82, 2.24) is 9.97 Å². The molecule has 1 aromatic heterocycles. The Kier molecular flexibility index (Phi) is 3.60. The minimum atomic E-state index is -0.383. The van der Waals surface area contributed by atoms with Crippen molar-refractivity contribution in [2.75, 3.05) is 0 Å². The topological polar surface area (TPSA) is 25.8 Å². The number of halogens is 2. The van der Waals surface area contributed by atoms with Crippen LogP contribution >= 0.6 is 11.6 Å². The van der Waals surface area contributed by atoms with Crippen LogP contribution in [0.15, 0.2) is 36.4 Å². The molecule has 3 aromatic rings. The Morgan fingerprint density at radius 1 is 1.05 bits per heavy atom. The fourth-order valence-corrected chi connectivity index (χ4v) is 2.65. The maximum absolute atomic E-state index is 14.0. The summed E-state index contributed by atoms with van der Waals surface area (Å²) < 4.78 is 14.0. The Bertz CT molecular complexity index is 813. The fourth-order valence-electron chi connectivity index (χ4n) is 2.33. The molecule has 0 radical (unpaired) electrons. The van der Waals surface area contributed by atoms with Gasteiger partial charge in [-0.3, -0.25) is 0 Å². The van der Waals surface area contributed by atoms with Gasteiger partial charge >= 0.3 is 0 Å². The van der Waals surface area contributed by atoms with Gasteiger partial charge in [0.1, 0.15) is 16.5 Å². The molecule has 0 spiro atoms. The number of nitrogens with zero attached hydrogens (tertiary/aromatic N) is 2. The van der Waals surface area contributed by atoms with Gasteiger partial charge in [0.15, 0.2) is 5.82 Å². The SMILES string of the molecule is CCc1ccc(-c2nc(Cl)c3c(C)ccc(F)c3n2)cc1. The van der Waals surface area contributed by atoms with Crippen LogP contribution in [0.3, 0.4) is 0 Å². The monoisotopic (exact) mass is 300 g/mol. The molecule has 0 aliphatic rings. The molecule has 1 heterocycles. The van der Waals surface area contributed by atoms with Crippen molar-refractivity contribution in [2.45, 2.75) is 20.3 Å². The van der Waals surface area contributed by atoms with E-state index < -0.39 is 0 Å². The quantitative estimate of drug-likeness (QED) is 0.625. The Labute approximate surface area is 127 Å². The van der Waals surface area contributed by atoms with Crippen LogP contribution in [0.5, 0.6) is 0 Å². The van der Waals surface area contributed by atoms with Crippen molar-refractivity contribution in [1.29, 1.82) is 0 Å². The van der Waals surface area contributed by atoms with Crippen LogP contribution in [-0.2, 0) is 6.42 Å². The average molecular weight is 301 g/mol. The summed E-state index contributed by atoms with van der Waals surface area (Å²) in [4.78, 5) is 8.67. The van der Waals surface area contributed by atoms with Gasteiger partial charge in [0.2, 0.25) is 0 Å². The molecule has 0 bridgehead atoms. The van der Waals surface area contributed by atoms with Crippen LogP contribution in [0.1, 0.15) is 18.1 Å². The summed E-state index contributed by atoms with van der Waals surface area (Å²) in [5, 5.41) is 0.858. The third-order valence-electron chi connectivity index (χ3n) is 3.59. The van der Waals surface area contributed by atoms with E-state index >= 15 is 0 Å². The third-order valence-corrected chi connectivity index (χ3v) is 3.86. The Morgan fingerprint density at radius 2 is 1.76 bits per heavy atom. The lowest BCUT2D eigenvalue weighted by Crippen LogP contribution is -1.96. The second-order valence-electron chi connectivity index (χ2n) is 4.98. The number of hydrogen-bond donors (Lipinski definition) is 0. The molecule has 2 nitrogen and oxygen atoms in total. The van der Waals surface area contributed by atoms with Gasteiger partial charge < -0.3 is 0 Å². The van der Waals surface area contributed by atoms with Crippen LogP contribution < -0.4 is 0 Å². The van der Waals surface area contributed by atoms with E-state index in [0.717, 1.165) is 17.5 Å². The van der Waals surface area contributed by atoms with E-state index in [9.17, 15) is 4.39 Å². The van der Waals surface area contributed by atoms with E-state index in [4.69, 9.17) is 11.6 Å². The molecule has 0 N–H and O–H groups in total. The molecule has 0 fully saturated rings. The first kappa shape index (κ1) is 14.0. The van der Waals surface area contributed by atoms with Gasteiger partial charge in [0.05, 0.1) is 0 Å². The molecular formula is C17H14ClFN2. The predicted molar refractivity (Wildman–Crippen MR) is 84.1 cm³/mol. The molecule has 21 heavy (non-hydrogen) atoms. The van der Waals surface area contributed by atoms with E-state index in [0.29, 0.717) is 11.2 Å². The lowest BCUT2D eigenvalue weighted by molar-refractivity contribution is 0.636. The van der Waals surface area contributed by atoms with Gasteiger partial charge in [-0.15, -0.1) is 0 Å². The highest BCUT2D eigenvalue weighted by Crippen LogP contribution is 2.29. The van der Waals surface area contributed by atoms with Gasteiger partial charge in [0.25, 0.3) is 0 Å². The number of aromatic nitrogens is 2. The Hall–Kier alpha value is -2.00. The zero-order valence-corrected chi connectivity index (χ0v) is 12.6. The highest BCUT2D eigenvalue weighted by Gasteiger charge is 2.13. The molecule has 0 aliphatic heterocycles. The molecule has 0 atom stereocenters. The van der Waals surface area contributed by atoms with Crippen molar-refractivity contribution >= 4 is 22.5 Å². The van der Waals surface area contributed by atoms with Crippen LogP contribution in [0.25, 0.3) is 22.3 Å². The largest absolute Gasteiger partial charge is 0.225 e. The van der Waals surface area contributed by atoms with E-state index in [2.05, 4.69) is 16.9 Å². The first-order valence-electron chi connectivity index (χ1n) is 6.82. The summed E-state index contributed by atoms with van der Waals surface area (Å²) in [5.74, 6) is 0.0611. The lowest BCUT2D eigenvalue weighted by atomic mass is 10.1. The molecule has 0 unspecified atom stereocenters. The van der Waals surface area contributed by atoms with E-state index in [-0.39, 0.29) is 16.5 Å². The molecule has 0 saturated heterocycles. The minimum Gasteiger partial charge on any atom is -0.225 e. The number of fused-ring (bicyclic) bond motifs is 1. The molecule has 2 aromatic carbocycles. The molecule has 3 rings (SSSR count). The van der Waals surface area contributed by atoms with Crippen LogP contribution in [0.4, 0.5) is 4.39 Å². The van der Waals surface area contributed by atoms with E-state index in [1.54, 1.807) is 6.07 Å². The standard InChI is InChI=1S/C17H14ClFN2/c1-3-11-5-7-12(8-6-11)17-20-15-13(19)9-4-10(2)14(15)16(18)21-17/h4-9H,3H2,1-2H3. The first-order valence-corrected chi connectivity index (χ1v) is 7.19. The van der Waals surface area contributed by atoms with Crippen molar-refractivity contribution in [2.24, 2.45) is 0 Å². The molecule has 106 valence electrons. The van der Waals surface area contributed by atoms with Gasteiger partial charge in [-0.25, -0.2) is 14.4 Å². The van der Waals surface area contributed by atoms with Crippen molar-refractivity contribution in [3.63, 3.8) is 0 Å².